The molecule has 0 amide bonds. The quantitative estimate of drug-likeness (QED) is 0.385. The fourth-order valence-corrected chi connectivity index (χ4v) is 4.20. The minimum atomic E-state index is -3.20. The third kappa shape index (κ3) is 9.15. The highest BCUT2D eigenvalue weighted by Crippen LogP contribution is 2.48. The van der Waals surface area contributed by atoms with Crippen LogP contribution in [0.3, 0.4) is 0 Å². The average Bonchev–Trinajstić information content (AvgIpc) is 2.52. The summed E-state index contributed by atoms with van der Waals surface area (Å²) < 4.78 is 23.5. The molecule has 23 heavy (non-hydrogen) atoms. The molecule has 0 saturated heterocycles. The molecule has 7 nitrogen and oxygen atoms in total. The molecule has 140 valence electrons. The molecule has 8 heteroatoms. The first kappa shape index (κ1) is 23.0. The third-order valence-corrected chi connectivity index (χ3v) is 5.76. The summed E-state index contributed by atoms with van der Waals surface area (Å²) in [7, 11) is -3.20. The number of nitrogens with zero attached hydrogens (tertiary/aromatic N) is 1. The first-order valence-electron chi connectivity index (χ1n) is 8.57. The molecule has 0 spiro atoms. The van der Waals surface area contributed by atoms with Gasteiger partial charge in [0.15, 0.2) is 0 Å². The lowest BCUT2D eigenvalue weighted by molar-refractivity contribution is 0.119. The summed E-state index contributed by atoms with van der Waals surface area (Å²) in [4.78, 5) is 1.95. The standard InChI is InChI=1S/C15H35N2O5P/c1-5-14(11-18)16-9-10-17(15(6-2)12-19)13-23(20,21-7-3)22-8-4/h14-16,18-19H,5-13H2,1-4H3/t14-,15-/m0/s1. The highest BCUT2D eigenvalue weighted by Gasteiger charge is 2.30. The number of hydrogen-bond acceptors (Lipinski definition) is 7. The molecule has 0 radical (unpaired) electrons. The van der Waals surface area contributed by atoms with Crippen molar-refractivity contribution in [2.45, 2.75) is 52.6 Å². The highest BCUT2D eigenvalue weighted by molar-refractivity contribution is 7.53. The van der Waals surface area contributed by atoms with E-state index in [0.717, 1.165) is 12.8 Å². The molecule has 0 saturated carbocycles. The Morgan fingerprint density at radius 1 is 1.04 bits per heavy atom. The van der Waals surface area contributed by atoms with Gasteiger partial charge in [-0.1, -0.05) is 13.8 Å². The van der Waals surface area contributed by atoms with Crippen LogP contribution in [0, 0.1) is 0 Å². The van der Waals surface area contributed by atoms with Crippen LogP contribution in [-0.4, -0.2) is 73.0 Å². The normalized spacial score (nSPS) is 15.1. The monoisotopic (exact) mass is 354 g/mol. The maximum atomic E-state index is 12.7. The van der Waals surface area contributed by atoms with Crippen LogP contribution in [0.15, 0.2) is 0 Å². The topological polar surface area (TPSA) is 91.3 Å². The van der Waals surface area contributed by atoms with Gasteiger partial charge in [-0.2, -0.15) is 0 Å². The second-order valence-corrected chi connectivity index (χ2v) is 7.41. The minimum absolute atomic E-state index is 0.00798. The molecule has 0 aliphatic carbocycles. The van der Waals surface area contributed by atoms with E-state index in [4.69, 9.17) is 9.05 Å². The molecule has 3 N–H and O–H groups in total. The summed E-state index contributed by atoms with van der Waals surface area (Å²) in [6.07, 6.45) is 1.74. The van der Waals surface area contributed by atoms with Gasteiger partial charge in [-0.05, 0) is 26.7 Å². The van der Waals surface area contributed by atoms with Crippen molar-refractivity contribution in [1.82, 2.24) is 10.2 Å². The van der Waals surface area contributed by atoms with Crippen molar-refractivity contribution in [3.63, 3.8) is 0 Å². The Morgan fingerprint density at radius 3 is 2.04 bits per heavy atom. The second kappa shape index (κ2) is 13.3. The molecule has 0 unspecified atom stereocenters. The minimum Gasteiger partial charge on any atom is -0.395 e. The lowest BCUT2D eigenvalue weighted by Crippen LogP contribution is -2.44. The van der Waals surface area contributed by atoms with E-state index in [9.17, 15) is 14.8 Å². The SMILES string of the molecule is CCOP(=O)(CN(CCN[C@@H](CC)CO)[C@@H](CC)CO)OCC. The van der Waals surface area contributed by atoms with E-state index in [1.54, 1.807) is 13.8 Å². The maximum absolute atomic E-state index is 12.7. The number of nitrogens with one attached hydrogen (secondary N) is 1. The summed E-state index contributed by atoms with van der Waals surface area (Å²) in [5, 5.41) is 22.1. The molecule has 0 aliphatic heterocycles. The van der Waals surface area contributed by atoms with Crippen molar-refractivity contribution in [3.8, 4) is 0 Å². The number of hydrogen-bond donors (Lipinski definition) is 3. The number of rotatable bonds is 15. The van der Waals surface area contributed by atoms with E-state index in [-0.39, 0.29) is 31.6 Å². The average molecular weight is 354 g/mol. The maximum Gasteiger partial charge on any atom is 0.344 e. The van der Waals surface area contributed by atoms with E-state index in [0.29, 0.717) is 26.3 Å². The van der Waals surface area contributed by atoms with Gasteiger partial charge >= 0.3 is 7.60 Å². The van der Waals surface area contributed by atoms with Gasteiger partial charge in [0.05, 0.1) is 26.4 Å². The summed E-state index contributed by atoms with van der Waals surface area (Å²) in [6, 6.07) is -0.0446. The molecule has 0 heterocycles. The molecule has 0 rings (SSSR count). The van der Waals surface area contributed by atoms with Crippen molar-refractivity contribution >= 4 is 7.60 Å². The highest BCUT2D eigenvalue weighted by atomic mass is 31.2. The fourth-order valence-electron chi connectivity index (χ4n) is 2.36. The van der Waals surface area contributed by atoms with Gasteiger partial charge in [-0.25, -0.2) is 0 Å². The van der Waals surface area contributed by atoms with Crippen LogP contribution in [-0.2, 0) is 13.6 Å². The van der Waals surface area contributed by atoms with Crippen LogP contribution in [0.25, 0.3) is 0 Å². The Labute approximate surface area is 140 Å². The molecule has 0 aromatic rings. The summed E-state index contributed by atoms with van der Waals surface area (Å²) in [5.74, 6) is 0. The first-order valence-corrected chi connectivity index (χ1v) is 10.3. The zero-order chi connectivity index (χ0) is 17.7. The van der Waals surface area contributed by atoms with Gasteiger partial charge in [0.1, 0.15) is 6.29 Å². The fraction of sp³-hybridized carbons (Fsp3) is 1.00. The lowest BCUT2D eigenvalue weighted by atomic mass is 10.2. The van der Waals surface area contributed by atoms with Gasteiger partial charge in [0.25, 0.3) is 0 Å². The van der Waals surface area contributed by atoms with Crippen LogP contribution in [0.4, 0.5) is 0 Å². The van der Waals surface area contributed by atoms with Crippen molar-refractivity contribution in [3.05, 3.63) is 0 Å². The third-order valence-electron chi connectivity index (χ3n) is 3.75. The van der Waals surface area contributed by atoms with Crippen LogP contribution < -0.4 is 5.32 Å². The molecular formula is C15H35N2O5P. The van der Waals surface area contributed by atoms with Crippen molar-refractivity contribution in [2.24, 2.45) is 0 Å². The Balaban J connectivity index is 4.82. The summed E-state index contributed by atoms with van der Waals surface area (Å²) >= 11 is 0. The molecule has 2 atom stereocenters. The lowest BCUT2D eigenvalue weighted by Gasteiger charge is -2.32. The predicted molar refractivity (Wildman–Crippen MR) is 92.8 cm³/mol. The molecule has 0 bridgehead atoms. The van der Waals surface area contributed by atoms with Crippen LogP contribution >= 0.6 is 7.60 Å². The number of aliphatic hydroxyl groups is 2. The zero-order valence-corrected chi connectivity index (χ0v) is 15.9. The van der Waals surface area contributed by atoms with Gasteiger partial charge in [-0.3, -0.25) is 9.46 Å². The zero-order valence-electron chi connectivity index (χ0n) is 15.0. The van der Waals surface area contributed by atoms with Gasteiger partial charge in [0, 0.05) is 25.2 Å². The van der Waals surface area contributed by atoms with E-state index in [1.807, 2.05) is 18.7 Å². The Kier molecular flexibility index (Phi) is 13.3. The van der Waals surface area contributed by atoms with Crippen LogP contribution in [0.5, 0.6) is 0 Å². The molecule has 0 aromatic heterocycles. The summed E-state index contributed by atoms with van der Waals surface area (Å²) in [6.45, 7) is 9.51. The van der Waals surface area contributed by atoms with E-state index < -0.39 is 7.60 Å². The molecular weight excluding hydrogens is 319 g/mol. The van der Waals surface area contributed by atoms with Crippen LogP contribution in [0.2, 0.25) is 0 Å². The molecule has 0 aliphatic rings. The predicted octanol–water partition coefficient (Wildman–Crippen LogP) is 1.64. The molecule has 0 fully saturated rings. The Hall–Kier alpha value is -0.0100. The van der Waals surface area contributed by atoms with Gasteiger partial charge in [0.2, 0.25) is 0 Å². The second-order valence-electron chi connectivity index (χ2n) is 5.39. The first-order chi connectivity index (χ1) is 11.0. The van der Waals surface area contributed by atoms with Crippen molar-refractivity contribution < 1.29 is 23.8 Å². The van der Waals surface area contributed by atoms with Crippen molar-refractivity contribution in [1.29, 1.82) is 0 Å². The van der Waals surface area contributed by atoms with Gasteiger partial charge in [-0.15, -0.1) is 0 Å². The van der Waals surface area contributed by atoms with E-state index >= 15 is 0 Å². The van der Waals surface area contributed by atoms with E-state index in [1.165, 1.54) is 0 Å². The number of aliphatic hydroxyl groups excluding tert-OH is 2. The Bertz CT molecular complexity index is 315. The Morgan fingerprint density at radius 2 is 1.65 bits per heavy atom. The largest absolute Gasteiger partial charge is 0.395 e. The smallest absolute Gasteiger partial charge is 0.344 e. The van der Waals surface area contributed by atoms with Gasteiger partial charge < -0.3 is 24.6 Å². The molecule has 0 aromatic carbocycles. The van der Waals surface area contributed by atoms with E-state index in [2.05, 4.69) is 5.32 Å². The van der Waals surface area contributed by atoms with Crippen LogP contribution in [0.1, 0.15) is 40.5 Å². The van der Waals surface area contributed by atoms with Crippen molar-refractivity contribution in [2.75, 3.05) is 45.8 Å². The summed E-state index contributed by atoms with van der Waals surface area (Å²) in [5.41, 5.74) is 0.